The van der Waals surface area contributed by atoms with Crippen molar-refractivity contribution in [1.82, 2.24) is 10.2 Å². The van der Waals surface area contributed by atoms with Crippen LogP contribution in [-0.4, -0.2) is 41.7 Å². The van der Waals surface area contributed by atoms with Crippen LogP contribution in [-0.2, 0) is 11.3 Å². The van der Waals surface area contributed by atoms with Crippen molar-refractivity contribution in [1.29, 1.82) is 0 Å². The minimum atomic E-state index is -0.145. The fraction of sp³-hybridized carbons (Fsp3) is 0.471. The third-order valence-electron chi connectivity index (χ3n) is 4.73. The fourth-order valence-electron chi connectivity index (χ4n) is 3.25. The van der Waals surface area contributed by atoms with Crippen molar-refractivity contribution in [2.75, 3.05) is 19.6 Å². The maximum atomic E-state index is 12.0. The highest BCUT2D eigenvalue weighted by molar-refractivity contribution is 5.93. The Hall–Kier alpha value is -1.65. The molecule has 0 radical (unpaired) electrons. The zero-order chi connectivity index (χ0) is 14.9. The molecule has 1 saturated carbocycles. The van der Waals surface area contributed by atoms with Gasteiger partial charge >= 0.3 is 0 Å². The Balaban J connectivity index is 1.40. The van der Waals surface area contributed by atoms with E-state index in [4.69, 9.17) is 0 Å². The second kappa shape index (κ2) is 5.62. The van der Waals surface area contributed by atoms with Crippen molar-refractivity contribution in [2.24, 2.45) is 5.41 Å². The summed E-state index contributed by atoms with van der Waals surface area (Å²) in [5, 5.41) is 12.7. The summed E-state index contributed by atoms with van der Waals surface area (Å²) in [5.41, 5.74) is 1.80. The lowest BCUT2D eigenvalue weighted by molar-refractivity contribution is -0.155. The molecule has 4 nitrogen and oxygen atoms in total. The molecule has 1 spiro atoms. The SMILES string of the molecule is C=C(CN1CC2(CCC2O)C1)C(=O)NCc1ccccc1. The summed E-state index contributed by atoms with van der Waals surface area (Å²) in [7, 11) is 0. The zero-order valence-corrected chi connectivity index (χ0v) is 12.2. The van der Waals surface area contributed by atoms with Crippen LogP contribution in [0.1, 0.15) is 18.4 Å². The smallest absolute Gasteiger partial charge is 0.248 e. The highest BCUT2D eigenvalue weighted by Crippen LogP contribution is 2.48. The van der Waals surface area contributed by atoms with Crippen LogP contribution in [0, 0.1) is 5.41 Å². The molecular weight excluding hydrogens is 264 g/mol. The lowest BCUT2D eigenvalue weighted by Gasteiger charge is -2.59. The lowest BCUT2D eigenvalue weighted by Crippen LogP contribution is -2.66. The number of benzene rings is 1. The summed E-state index contributed by atoms with van der Waals surface area (Å²) in [6, 6.07) is 9.85. The number of amides is 1. The Bertz CT molecular complexity index is 535. The second-order valence-corrected chi connectivity index (χ2v) is 6.33. The summed E-state index contributed by atoms with van der Waals surface area (Å²) >= 11 is 0. The number of nitrogens with one attached hydrogen (secondary N) is 1. The van der Waals surface area contributed by atoms with Gasteiger partial charge in [0.1, 0.15) is 0 Å². The van der Waals surface area contributed by atoms with Crippen LogP contribution in [0.3, 0.4) is 0 Å². The van der Waals surface area contributed by atoms with Gasteiger partial charge in [-0.05, 0) is 18.4 Å². The minimum Gasteiger partial charge on any atom is -0.392 e. The molecule has 1 heterocycles. The van der Waals surface area contributed by atoms with Crippen molar-refractivity contribution in [3.05, 3.63) is 48.0 Å². The number of aliphatic hydroxyl groups excluding tert-OH is 1. The summed E-state index contributed by atoms with van der Waals surface area (Å²) in [6.07, 6.45) is 1.89. The number of carbonyl (C=O) groups excluding carboxylic acids is 1. The van der Waals surface area contributed by atoms with Gasteiger partial charge in [-0.1, -0.05) is 36.9 Å². The lowest BCUT2D eigenvalue weighted by atomic mass is 9.61. The van der Waals surface area contributed by atoms with E-state index in [1.165, 1.54) is 0 Å². The van der Waals surface area contributed by atoms with Crippen LogP contribution >= 0.6 is 0 Å². The molecule has 1 aromatic carbocycles. The third-order valence-corrected chi connectivity index (χ3v) is 4.73. The molecule has 112 valence electrons. The van der Waals surface area contributed by atoms with E-state index in [2.05, 4.69) is 16.8 Å². The molecular formula is C17H22N2O2. The maximum Gasteiger partial charge on any atom is 0.248 e. The molecule has 2 N–H and O–H groups in total. The van der Waals surface area contributed by atoms with Crippen molar-refractivity contribution in [3.63, 3.8) is 0 Å². The molecule has 1 aliphatic carbocycles. The van der Waals surface area contributed by atoms with Crippen molar-refractivity contribution < 1.29 is 9.90 Å². The first-order valence-electron chi connectivity index (χ1n) is 7.49. The Morgan fingerprint density at radius 2 is 2.10 bits per heavy atom. The highest BCUT2D eigenvalue weighted by atomic mass is 16.3. The molecule has 2 aliphatic rings. The number of likely N-dealkylation sites (tertiary alicyclic amines) is 1. The van der Waals surface area contributed by atoms with E-state index in [1.54, 1.807) is 0 Å². The van der Waals surface area contributed by atoms with Crippen LogP contribution in [0.15, 0.2) is 42.5 Å². The average molecular weight is 286 g/mol. The number of carbonyl (C=O) groups is 1. The quantitative estimate of drug-likeness (QED) is 0.803. The van der Waals surface area contributed by atoms with Gasteiger partial charge in [-0.2, -0.15) is 0 Å². The van der Waals surface area contributed by atoms with Gasteiger partial charge in [0, 0.05) is 37.2 Å². The zero-order valence-electron chi connectivity index (χ0n) is 12.2. The van der Waals surface area contributed by atoms with Crippen molar-refractivity contribution in [3.8, 4) is 0 Å². The molecule has 1 atom stereocenters. The molecule has 4 heteroatoms. The van der Waals surface area contributed by atoms with E-state index in [0.717, 1.165) is 31.5 Å². The topological polar surface area (TPSA) is 52.6 Å². The fourth-order valence-corrected chi connectivity index (χ4v) is 3.25. The van der Waals surface area contributed by atoms with E-state index in [1.807, 2.05) is 30.3 Å². The molecule has 0 aromatic heterocycles. The summed E-state index contributed by atoms with van der Waals surface area (Å²) < 4.78 is 0. The molecule has 1 aliphatic heterocycles. The van der Waals surface area contributed by atoms with Gasteiger partial charge in [0.25, 0.3) is 0 Å². The monoisotopic (exact) mass is 286 g/mol. The van der Waals surface area contributed by atoms with Gasteiger partial charge in [-0.15, -0.1) is 0 Å². The van der Waals surface area contributed by atoms with Gasteiger partial charge < -0.3 is 10.4 Å². The van der Waals surface area contributed by atoms with Crippen LogP contribution in [0.4, 0.5) is 0 Å². The van der Waals surface area contributed by atoms with Crippen LogP contribution in [0.2, 0.25) is 0 Å². The van der Waals surface area contributed by atoms with Gasteiger partial charge in [-0.3, -0.25) is 9.69 Å². The second-order valence-electron chi connectivity index (χ2n) is 6.33. The molecule has 1 saturated heterocycles. The van der Waals surface area contributed by atoms with E-state index < -0.39 is 0 Å². The molecule has 3 rings (SSSR count). The molecule has 1 aromatic rings. The van der Waals surface area contributed by atoms with Crippen LogP contribution in [0.25, 0.3) is 0 Å². The Morgan fingerprint density at radius 1 is 1.38 bits per heavy atom. The summed E-state index contributed by atoms with van der Waals surface area (Å²) in [6.45, 7) is 6.78. The number of nitrogens with zero attached hydrogens (tertiary/aromatic N) is 1. The van der Waals surface area contributed by atoms with E-state index >= 15 is 0 Å². The minimum absolute atomic E-state index is 0.0889. The highest BCUT2D eigenvalue weighted by Gasteiger charge is 2.53. The first kappa shape index (κ1) is 14.3. The predicted octanol–water partition coefficient (Wildman–Crippen LogP) is 1.32. The number of hydrogen-bond acceptors (Lipinski definition) is 3. The van der Waals surface area contributed by atoms with E-state index in [0.29, 0.717) is 18.7 Å². The number of hydrogen-bond donors (Lipinski definition) is 2. The van der Waals surface area contributed by atoms with Crippen LogP contribution in [0.5, 0.6) is 0 Å². The summed E-state index contributed by atoms with van der Waals surface area (Å²) in [4.78, 5) is 14.2. The first-order valence-corrected chi connectivity index (χ1v) is 7.49. The van der Waals surface area contributed by atoms with Gasteiger partial charge in [0.2, 0.25) is 5.91 Å². The Kier molecular flexibility index (Phi) is 3.83. The van der Waals surface area contributed by atoms with Gasteiger partial charge in [0.05, 0.1) is 6.10 Å². The van der Waals surface area contributed by atoms with E-state index in [9.17, 15) is 9.90 Å². The van der Waals surface area contributed by atoms with Crippen molar-refractivity contribution in [2.45, 2.75) is 25.5 Å². The van der Waals surface area contributed by atoms with Crippen molar-refractivity contribution >= 4 is 5.91 Å². The normalized spacial score (nSPS) is 23.2. The largest absolute Gasteiger partial charge is 0.392 e. The third kappa shape index (κ3) is 2.87. The Morgan fingerprint density at radius 3 is 2.67 bits per heavy atom. The Labute approximate surface area is 125 Å². The van der Waals surface area contributed by atoms with E-state index in [-0.39, 0.29) is 17.4 Å². The molecule has 0 bridgehead atoms. The first-order chi connectivity index (χ1) is 10.1. The maximum absolute atomic E-state index is 12.0. The summed E-state index contributed by atoms with van der Waals surface area (Å²) in [5.74, 6) is -0.0889. The molecule has 1 unspecified atom stereocenters. The van der Waals surface area contributed by atoms with Gasteiger partial charge in [-0.25, -0.2) is 0 Å². The van der Waals surface area contributed by atoms with Crippen LogP contribution < -0.4 is 5.32 Å². The number of rotatable bonds is 5. The molecule has 21 heavy (non-hydrogen) atoms. The standard InChI is InChI=1S/C17H22N2O2/c1-13(10-19-11-17(12-19)8-7-15(17)20)16(21)18-9-14-5-3-2-4-6-14/h2-6,15,20H,1,7-12H2,(H,18,21). The predicted molar refractivity (Wildman–Crippen MR) is 81.5 cm³/mol. The molecule has 2 fully saturated rings. The number of aliphatic hydroxyl groups is 1. The van der Waals surface area contributed by atoms with Gasteiger partial charge in [0.15, 0.2) is 0 Å². The average Bonchev–Trinajstić information content (AvgIpc) is 2.47. The molecule has 1 amide bonds.